The topological polar surface area (TPSA) is 79.5 Å². The molecule has 0 saturated carbocycles. The van der Waals surface area contributed by atoms with Crippen molar-refractivity contribution in [1.29, 1.82) is 0 Å². The average molecular weight is 287 g/mol. The van der Waals surface area contributed by atoms with Gasteiger partial charge in [0.1, 0.15) is 11.3 Å². The van der Waals surface area contributed by atoms with Gasteiger partial charge in [-0.15, -0.1) is 0 Å². The second kappa shape index (κ2) is 5.83. The van der Waals surface area contributed by atoms with Crippen LogP contribution in [0.3, 0.4) is 0 Å². The number of aromatic carboxylic acids is 1. The molecule has 0 saturated heterocycles. The summed E-state index contributed by atoms with van der Waals surface area (Å²) in [6.07, 6.45) is 0. The molecule has 2 rings (SSSR count). The number of carbonyl (C=O) groups excluding carboxylic acids is 1. The number of furan rings is 1. The van der Waals surface area contributed by atoms with Crippen LogP contribution in [0.2, 0.25) is 0 Å². The van der Waals surface area contributed by atoms with E-state index in [0.717, 1.165) is 11.1 Å². The maximum absolute atomic E-state index is 11.6. The van der Waals surface area contributed by atoms with Gasteiger partial charge in [-0.3, -0.25) is 4.79 Å². The van der Waals surface area contributed by atoms with E-state index < -0.39 is 11.9 Å². The van der Waals surface area contributed by atoms with Crippen molar-refractivity contribution in [2.75, 3.05) is 7.05 Å². The van der Waals surface area contributed by atoms with Gasteiger partial charge in [0.05, 0.1) is 0 Å². The lowest BCUT2D eigenvalue weighted by atomic mass is 9.95. The first kappa shape index (κ1) is 14.8. The van der Waals surface area contributed by atoms with Crippen molar-refractivity contribution >= 4 is 11.9 Å². The summed E-state index contributed by atoms with van der Waals surface area (Å²) in [4.78, 5) is 23.0. The van der Waals surface area contributed by atoms with Gasteiger partial charge in [-0.2, -0.15) is 0 Å². The van der Waals surface area contributed by atoms with Crippen LogP contribution in [0.4, 0.5) is 0 Å². The lowest BCUT2D eigenvalue weighted by molar-refractivity contribution is 0.0693. The molecular formula is C16H17NO4. The van der Waals surface area contributed by atoms with Crippen LogP contribution in [0.5, 0.6) is 0 Å². The van der Waals surface area contributed by atoms with E-state index in [4.69, 9.17) is 4.42 Å². The number of rotatable bonds is 4. The molecule has 21 heavy (non-hydrogen) atoms. The minimum Gasteiger partial charge on any atom is -0.478 e. The van der Waals surface area contributed by atoms with Gasteiger partial charge < -0.3 is 14.8 Å². The Bertz CT molecular complexity index is 670. The number of carbonyl (C=O) groups is 2. The highest BCUT2D eigenvalue weighted by atomic mass is 16.4. The number of carboxylic acids is 1. The van der Waals surface area contributed by atoms with Gasteiger partial charge in [0, 0.05) is 19.0 Å². The molecule has 0 fully saturated rings. The second-order valence-electron chi connectivity index (χ2n) is 4.91. The van der Waals surface area contributed by atoms with Crippen LogP contribution in [0.25, 0.3) is 0 Å². The fraction of sp³-hybridized carbons (Fsp3) is 0.250. The lowest BCUT2D eigenvalue weighted by Gasteiger charge is -2.10. The Kier molecular flexibility index (Phi) is 4.12. The van der Waals surface area contributed by atoms with E-state index in [9.17, 15) is 14.7 Å². The number of carboxylic acid groups (broad SMARTS) is 1. The summed E-state index contributed by atoms with van der Waals surface area (Å²) < 4.78 is 5.48. The molecule has 5 nitrogen and oxygen atoms in total. The van der Waals surface area contributed by atoms with Crippen molar-refractivity contribution < 1.29 is 19.1 Å². The van der Waals surface area contributed by atoms with Crippen molar-refractivity contribution in [2.24, 2.45) is 0 Å². The third kappa shape index (κ3) is 2.97. The van der Waals surface area contributed by atoms with Crippen molar-refractivity contribution in [1.82, 2.24) is 5.32 Å². The van der Waals surface area contributed by atoms with Gasteiger partial charge >= 0.3 is 5.97 Å². The molecule has 1 aromatic heterocycles. The van der Waals surface area contributed by atoms with Gasteiger partial charge in [0.15, 0.2) is 5.76 Å². The van der Waals surface area contributed by atoms with Crippen LogP contribution in [-0.4, -0.2) is 24.0 Å². The van der Waals surface area contributed by atoms with Crippen LogP contribution < -0.4 is 5.32 Å². The van der Waals surface area contributed by atoms with E-state index in [1.807, 2.05) is 38.1 Å². The Balaban J connectivity index is 2.46. The zero-order chi connectivity index (χ0) is 15.6. The van der Waals surface area contributed by atoms with E-state index in [-0.39, 0.29) is 23.0 Å². The smallest absolute Gasteiger partial charge is 0.339 e. The summed E-state index contributed by atoms with van der Waals surface area (Å²) in [5, 5.41) is 11.7. The van der Waals surface area contributed by atoms with E-state index in [1.54, 1.807) is 0 Å². The first-order valence-corrected chi connectivity index (χ1v) is 6.59. The van der Waals surface area contributed by atoms with Crippen molar-refractivity contribution in [3.63, 3.8) is 0 Å². The van der Waals surface area contributed by atoms with E-state index >= 15 is 0 Å². The first-order chi connectivity index (χ1) is 9.93. The molecule has 1 unspecified atom stereocenters. The molecule has 1 atom stereocenters. The second-order valence-corrected chi connectivity index (χ2v) is 4.91. The monoisotopic (exact) mass is 287 g/mol. The Hall–Kier alpha value is -2.56. The van der Waals surface area contributed by atoms with Crippen molar-refractivity contribution in [3.05, 3.63) is 58.5 Å². The Morgan fingerprint density at radius 1 is 1.24 bits per heavy atom. The molecule has 2 aromatic rings. The zero-order valence-electron chi connectivity index (χ0n) is 12.1. The SMILES string of the molecule is CNC(=O)c1cc(C(=O)O)c(C(C)c2ccc(C)cc2)o1. The molecule has 5 heteroatoms. The molecule has 0 bridgehead atoms. The summed E-state index contributed by atoms with van der Waals surface area (Å²) in [6, 6.07) is 9.02. The maximum atomic E-state index is 11.6. The molecule has 0 aliphatic rings. The molecule has 0 aliphatic heterocycles. The molecule has 110 valence electrons. The van der Waals surface area contributed by atoms with Crippen LogP contribution in [0.15, 0.2) is 34.7 Å². The number of benzene rings is 1. The normalized spacial score (nSPS) is 12.0. The lowest BCUT2D eigenvalue weighted by Crippen LogP contribution is -2.16. The van der Waals surface area contributed by atoms with Gasteiger partial charge in [0.25, 0.3) is 5.91 Å². The first-order valence-electron chi connectivity index (χ1n) is 6.59. The number of nitrogens with one attached hydrogen (secondary N) is 1. The summed E-state index contributed by atoms with van der Waals surface area (Å²) in [7, 11) is 1.47. The minimum atomic E-state index is -1.11. The predicted molar refractivity (Wildman–Crippen MR) is 77.8 cm³/mol. The van der Waals surface area contributed by atoms with E-state index in [0.29, 0.717) is 0 Å². The van der Waals surface area contributed by atoms with Crippen molar-refractivity contribution in [3.8, 4) is 0 Å². The predicted octanol–water partition coefficient (Wildman–Crippen LogP) is 2.80. The quantitative estimate of drug-likeness (QED) is 0.906. The van der Waals surface area contributed by atoms with Gasteiger partial charge in [0.2, 0.25) is 0 Å². The van der Waals surface area contributed by atoms with Crippen LogP contribution in [0, 0.1) is 6.92 Å². The highest BCUT2D eigenvalue weighted by Gasteiger charge is 2.25. The molecule has 1 aromatic carbocycles. The molecule has 0 aliphatic carbocycles. The fourth-order valence-corrected chi connectivity index (χ4v) is 2.14. The van der Waals surface area contributed by atoms with E-state index in [1.165, 1.54) is 13.1 Å². The molecular weight excluding hydrogens is 270 g/mol. The standard InChI is InChI=1S/C16H17NO4/c1-9-4-6-11(7-5-9)10(2)14-12(16(19)20)8-13(21-14)15(18)17-3/h4-8,10H,1-3H3,(H,17,18)(H,19,20). The number of hydrogen-bond donors (Lipinski definition) is 2. The average Bonchev–Trinajstić information content (AvgIpc) is 2.92. The number of amides is 1. The van der Waals surface area contributed by atoms with Gasteiger partial charge in [-0.25, -0.2) is 4.79 Å². The number of aryl methyl sites for hydroxylation is 1. The highest BCUT2D eigenvalue weighted by molar-refractivity contribution is 5.96. The summed E-state index contributed by atoms with van der Waals surface area (Å²) in [5.41, 5.74) is 2.07. The third-order valence-corrected chi connectivity index (χ3v) is 3.41. The Morgan fingerprint density at radius 3 is 2.38 bits per heavy atom. The fourth-order valence-electron chi connectivity index (χ4n) is 2.14. The summed E-state index contributed by atoms with van der Waals surface area (Å²) in [5.74, 6) is -1.52. The Labute approximate surface area is 122 Å². The third-order valence-electron chi connectivity index (χ3n) is 3.41. The largest absolute Gasteiger partial charge is 0.478 e. The van der Waals surface area contributed by atoms with E-state index in [2.05, 4.69) is 5.32 Å². The summed E-state index contributed by atoms with van der Waals surface area (Å²) in [6.45, 7) is 3.83. The molecule has 1 heterocycles. The van der Waals surface area contributed by atoms with Crippen molar-refractivity contribution in [2.45, 2.75) is 19.8 Å². The number of hydrogen-bond acceptors (Lipinski definition) is 3. The zero-order valence-corrected chi connectivity index (χ0v) is 12.1. The molecule has 2 N–H and O–H groups in total. The summed E-state index contributed by atoms with van der Waals surface area (Å²) >= 11 is 0. The molecule has 0 spiro atoms. The molecule has 1 amide bonds. The Morgan fingerprint density at radius 2 is 1.86 bits per heavy atom. The maximum Gasteiger partial charge on any atom is 0.339 e. The van der Waals surface area contributed by atoms with Gasteiger partial charge in [-0.05, 0) is 12.5 Å². The van der Waals surface area contributed by atoms with Crippen LogP contribution >= 0.6 is 0 Å². The molecule has 0 radical (unpaired) electrons. The highest BCUT2D eigenvalue weighted by Crippen LogP contribution is 2.30. The van der Waals surface area contributed by atoms with Crippen LogP contribution in [0.1, 0.15) is 50.6 Å². The van der Waals surface area contributed by atoms with Gasteiger partial charge in [-0.1, -0.05) is 36.8 Å². The minimum absolute atomic E-state index is 0.00358. The van der Waals surface area contributed by atoms with Crippen LogP contribution in [-0.2, 0) is 0 Å².